The maximum Gasteiger partial charge on any atom is 0.207 e. The van der Waals surface area contributed by atoms with E-state index in [1.807, 2.05) is 12.1 Å². The van der Waals surface area contributed by atoms with Gasteiger partial charge >= 0.3 is 0 Å². The first-order chi connectivity index (χ1) is 15.9. The van der Waals surface area contributed by atoms with Gasteiger partial charge in [-0.25, -0.2) is 8.42 Å². The summed E-state index contributed by atoms with van der Waals surface area (Å²) in [5.41, 5.74) is 1.39. The number of hydrogen-bond acceptors (Lipinski definition) is 6. The fourth-order valence-corrected chi connectivity index (χ4v) is 5.89. The van der Waals surface area contributed by atoms with E-state index in [1.54, 1.807) is 24.3 Å². The summed E-state index contributed by atoms with van der Waals surface area (Å²) in [5, 5.41) is 0. The van der Waals surface area contributed by atoms with Gasteiger partial charge < -0.3 is 19.3 Å². The van der Waals surface area contributed by atoms with Crippen molar-refractivity contribution in [1.29, 1.82) is 0 Å². The Bertz CT molecular complexity index is 939. The molecule has 2 aromatic rings. The second-order valence-electron chi connectivity index (χ2n) is 8.28. The summed E-state index contributed by atoms with van der Waals surface area (Å²) in [6.07, 6.45) is 1.86. The SMILES string of the molecule is CCN(CC)CCCOc1ccc2c(c1)-c1cc(OCCCN(CC)CC)ccc1S2(=O)=O. The predicted molar refractivity (Wildman–Crippen MR) is 133 cm³/mol. The van der Waals surface area contributed by atoms with Crippen LogP contribution in [0.15, 0.2) is 46.2 Å². The second kappa shape index (κ2) is 11.9. The molecule has 6 nitrogen and oxygen atoms in total. The standard InChI is InChI=1S/C26H38N2O4S/c1-5-27(6-2)15-9-17-31-21-11-13-25-23(19-21)24-20-22(12-14-26(24)33(25,29)30)32-18-10-16-28(7-3)8-4/h11-14,19-20H,5-10,15-18H2,1-4H3. The first-order valence-electron chi connectivity index (χ1n) is 12.2. The normalized spacial score (nSPS) is 13.9. The van der Waals surface area contributed by atoms with E-state index in [1.165, 1.54) is 0 Å². The Kier molecular flexibility index (Phi) is 9.18. The van der Waals surface area contributed by atoms with Crippen molar-refractivity contribution >= 4 is 9.84 Å². The first kappa shape index (κ1) is 25.5. The van der Waals surface area contributed by atoms with Crippen LogP contribution in [-0.2, 0) is 9.84 Å². The van der Waals surface area contributed by atoms with Gasteiger partial charge in [0, 0.05) is 24.2 Å². The Balaban J connectivity index is 1.69. The van der Waals surface area contributed by atoms with Gasteiger partial charge in [0.2, 0.25) is 9.84 Å². The van der Waals surface area contributed by atoms with Crippen LogP contribution in [-0.4, -0.2) is 70.7 Å². The van der Waals surface area contributed by atoms with Crippen molar-refractivity contribution < 1.29 is 17.9 Å². The van der Waals surface area contributed by atoms with E-state index in [-0.39, 0.29) is 0 Å². The zero-order valence-corrected chi connectivity index (χ0v) is 21.3. The van der Waals surface area contributed by atoms with E-state index in [2.05, 4.69) is 37.5 Å². The molecule has 0 saturated carbocycles. The molecule has 0 amide bonds. The number of rotatable bonds is 14. The van der Waals surface area contributed by atoms with Crippen LogP contribution in [0.25, 0.3) is 11.1 Å². The van der Waals surface area contributed by atoms with Gasteiger partial charge in [-0.1, -0.05) is 27.7 Å². The van der Waals surface area contributed by atoms with Crippen LogP contribution in [0.1, 0.15) is 40.5 Å². The van der Waals surface area contributed by atoms with Crippen LogP contribution in [0.4, 0.5) is 0 Å². The van der Waals surface area contributed by atoms with Crippen molar-refractivity contribution in [2.45, 2.75) is 50.3 Å². The highest BCUT2D eigenvalue weighted by Gasteiger charge is 2.33. The molecule has 0 spiro atoms. The van der Waals surface area contributed by atoms with Crippen LogP contribution in [0, 0.1) is 0 Å². The van der Waals surface area contributed by atoms with Gasteiger partial charge in [0.05, 0.1) is 23.0 Å². The van der Waals surface area contributed by atoms with Crippen molar-refractivity contribution in [2.75, 3.05) is 52.5 Å². The molecule has 0 saturated heterocycles. The van der Waals surface area contributed by atoms with Gasteiger partial charge in [0.25, 0.3) is 0 Å². The maximum atomic E-state index is 13.0. The highest BCUT2D eigenvalue weighted by molar-refractivity contribution is 7.92. The first-order valence-corrected chi connectivity index (χ1v) is 13.7. The van der Waals surface area contributed by atoms with E-state index in [4.69, 9.17) is 9.47 Å². The third-order valence-electron chi connectivity index (χ3n) is 6.33. The van der Waals surface area contributed by atoms with Gasteiger partial charge in [-0.2, -0.15) is 0 Å². The molecule has 3 rings (SSSR count). The lowest BCUT2D eigenvalue weighted by molar-refractivity contribution is 0.249. The van der Waals surface area contributed by atoms with Crippen molar-refractivity contribution in [3.05, 3.63) is 36.4 Å². The molecule has 0 bridgehead atoms. The summed E-state index contributed by atoms with van der Waals surface area (Å²) >= 11 is 0. The molecule has 7 heteroatoms. The monoisotopic (exact) mass is 474 g/mol. The fourth-order valence-electron chi connectivity index (χ4n) is 4.24. The molecule has 33 heavy (non-hydrogen) atoms. The van der Waals surface area contributed by atoms with Crippen LogP contribution < -0.4 is 9.47 Å². The lowest BCUT2D eigenvalue weighted by atomic mass is 10.1. The van der Waals surface area contributed by atoms with Crippen molar-refractivity contribution in [2.24, 2.45) is 0 Å². The Labute approximate surface area is 199 Å². The number of ether oxygens (including phenoxy) is 2. The Morgan fingerprint density at radius 2 is 1.06 bits per heavy atom. The third kappa shape index (κ3) is 6.08. The quantitative estimate of drug-likeness (QED) is 0.315. The van der Waals surface area contributed by atoms with Gasteiger partial charge in [0.1, 0.15) is 11.5 Å². The number of fused-ring (bicyclic) bond motifs is 3. The van der Waals surface area contributed by atoms with Gasteiger partial charge in [0.15, 0.2) is 0 Å². The van der Waals surface area contributed by atoms with Crippen LogP contribution in [0.3, 0.4) is 0 Å². The maximum absolute atomic E-state index is 13.0. The summed E-state index contributed by atoms with van der Waals surface area (Å²) < 4.78 is 37.9. The summed E-state index contributed by atoms with van der Waals surface area (Å²) in [7, 11) is -3.51. The van der Waals surface area contributed by atoms with Crippen LogP contribution in [0.5, 0.6) is 11.5 Å². The van der Waals surface area contributed by atoms with Crippen LogP contribution >= 0.6 is 0 Å². The second-order valence-corrected chi connectivity index (χ2v) is 10.2. The minimum absolute atomic E-state index is 0.340. The van der Waals surface area contributed by atoms with E-state index >= 15 is 0 Å². The van der Waals surface area contributed by atoms with Crippen molar-refractivity contribution in [3.8, 4) is 22.6 Å². The van der Waals surface area contributed by atoms with E-state index in [0.717, 1.165) is 52.1 Å². The molecule has 182 valence electrons. The minimum atomic E-state index is -3.51. The van der Waals surface area contributed by atoms with Crippen molar-refractivity contribution in [3.63, 3.8) is 0 Å². The topological polar surface area (TPSA) is 59.1 Å². The molecule has 1 aliphatic heterocycles. The summed E-state index contributed by atoms with van der Waals surface area (Å²) in [6.45, 7) is 15.9. The number of benzene rings is 2. The molecule has 0 N–H and O–H groups in total. The molecule has 1 heterocycles. The largest absolute Gasteiger partial charge is 0.494 e. The zero-order chi connectivity index (χ0) is 23.8. The molecular formula is C26H38N2O4S. The zero-order valence-electron chi connectivity index (χ0n) is 20.5. The molecule has 2 aromatic carbocycles. The fraction of sp³-hybridized carbons (Fsp3) is 0.538. The molecule has 0 unspecified atom stereocenters. The molecule has 1 aliphatic rings. The number of nitrogens with zero attached hydrogens (tertiary/aromatic N) is 2. The average Bonchev–Trinajstić information content (AvgIpc) is 3.05. The lowest BCUT2D eigenvalue weighted by Gasteiger charge is -2.18. The highest BCUT2D eigenvalue weighted by Crippen LogP contribution is 2.45. The van der Waals surface area contributed by atoms with E-state index in [0.29, 0.717) is 45.6 Å². The molecule has 0 atom stereocenters. The number of sulfone groups is 1. The summed E-state index contributed by atoms with van der Waals surface area (Å²) in [5.74, 6) is 1.39. The Hall–Kier alpha value is -2.09. The third-order valence-corrected chi connectivity index (χ3v) is 8.20. The lowest BCUT2D eigenvalue weighted by Crippen LogP contribution is -2.25. The highest BCUT2D eigenvalue weighted by atomic mass is 32.2. The molecule has 0 aromatic heterocycles. The minimum Gasteiger partial charge on any atom is -0.494 e. The molecule has 0 radical (unpaired) electrons. The van der Waals surface area contributed by atoms with E-state index < -0.39 is 9.84 Å². The summed E-state index contributed by atoms with van der Waals surface area (Å²) in [6, 6.07) is 10.5. The summed E-state index contributed by atoms with van der Waals surface area (Å²) in [4.78, 5) is 5.40. The molecule has 0 aliphatic carbocycles. The molecular weight excluding hydrogens is 436 g/mol. The smallest absolute Gasteiger partial charge is 0.207 e. The number of hydrogen-bond donors (Lipinski definition) is 0. The van der Waals surface area contributed by atoms with Gasteiger partial charge in [-0.15, -0.1) is 0 Å². The van der Waals surface area contributed by atoms with Crippen LogP contribution in [0.2, 0.25) is 0 Å². The Morgan fingerprint density at radius 1 is 0.667 bits per heavy atom. The predicted octanol–water partition coefficient (Wildman–Crippen LogP) is 4.72. The van der Waals surface area contributed by atoms with Gasteiger partial charge in [-0.3, -0.25) is 0 Å². The van der Waals surface area contributed by atoms with Gasteiger partial charge in [-0.05, 0) is 75.4 Å². The molecule has 0 fully saturated rings. The Morgan fingerprint density at radius 3 is 1.42 bits per heavy atom. The average molecular weight is 475 g/mol. The van der Waals surface area contributed by atoms with Crippen molar-refractivity contribution in [1.82, 2.24) is 9.80 Å². The van der Waals surface area contributed by atoms with E-state index in [9.17, 15) is 8.42 Å².